The first-order chi connectivity index (χ1) is 17.0. The van der Waals surface area contributed by atoms with Crippen LogP contribution in [0.25, 0.3) is 11.0 Å². The van der Waals surface area contributed by atoms with Crippen molar-refractivity contribution >= 4 is 50.9 Å². The number of fused-ring (bicyclic) bond motifs is 2. The molecule has 0 fully saturated rings. The number of benzene rings is 2. The first kappa shape index (κ1) is 24.2. The lowest BCUT2D eigenvalue weighted by Crippen LogP contribution is -2.29. The number of carbonyl (C=O) groups is 2. The number of aromatic nitrogens is 1. The number of methoxy groups -OCH3 is 1. The van der Waals surface area contributed by atoms with E-state index in [2.05, 4.69) is 25.8 Å². The zero-order valence-electron chi connectivity index (χ0n) is 20.3. The largest absolute Gasteiger partial charge is 0.465 e. The summed E-state index contributed by atoms with van der Waals surface area (Å²) in [5.41, 5.74) is 2.33. The zero-order valence-corrected chi connectivity index (χ0v) is 21.9. The van der Waals surface area contributed by atoms with Crippen LogP contribution >= 0.6 is 22.9 Å². The smallest absolute Gasteiger partial charge is 0.350 e. The Morgan fingerprint density at radius 1 is 1.14 bits per heavy atom. The number of rotatable bonds is 3. The Balaban J connectivity index is 1.76. The van der Waals surface area contributed by atoms with Crippen LogP contribution in [0.2, 0.25) is 5.02 Å². The van der Waals surface area contributed by atoms with Crippen LogP contribution in [-0.4, -0.2) is 24.0 Å². The summed E-state index contributed by atoms with van der Waals surface area (Å²) in [5.74, 6) is -1.10. The van der Waals surface area contributed by atoms with Gasteiger partial charge in [-0.3, -0.25) is 14.5 Å². The first-order valence-electron chi connectivity index (χ1n) is 11.3. The maximum atomic E-state index is 13.7. The molecular formula is C27H23ClN2O5S. The number of ether oxygens (including phenoxy) is 1. The lowest BCUT2D eigenvalue weighted by atomic mass is 9.86. The lowest BCUT2D eigenvalue weighted by Gasteiger charge is -2.24. The molecule has 0 aliphatic carbocycles. The monoisotopic (exact) mass is 522 g/mol. The molecule has 2 aromatic carbocycles. The minimum absolute atomic E-state index is 0.0489. The predicted molar refractivity (Wildman–Crippen MR) is 139 cm³/mol. The van der Waals surface area contributed by atoms with Gasteiger partial charge in [-0.15, -0.1) is 0 Å². The average Bonchev–Trinajstić information content (AvgIpc) is 3.36. The van der Waals surface area contributed by atoms with Gasteiger partial charge in [-0.1, -0.05) is 68.0 Å². The van der Waals surface area contributed by atoms with Gasteiger partial charge in [0.05, 0.1) is 29.8 Å². The molecule has 9 heteroatoms. The number of esters is 1. The molecule has 2 aromatic heterocycles. The number of hydrogen-bond acceptors (Lipinski definition) is 7. The van der Waals surface area contributed by atoms with Gasteiger partial charge in [0.15, 0.2) is 10.6 Å². The van der Waals surface area contributed by atoms with Crippen LogP contribution in [0.5, 0.6) is 0 Å². The second-order valence-electron chi connectivity index (χ2n) is 9.67. The Kier molecular flexibility index (Phi) is 5.76. The standard InChI is InChI=1S/C27H23ClN2O5S/c1-13-23(25(33)34-5)36-26(29-13)30-20(14-6-8-15(9-7-14)27(2,3)4)19-21(31)17-12-16(28)10-11-18(17)35-22(19)24(30)32/h6-12,20H,1-5H3. The molecule has 0 saturated heterocycles. The number of aryl methyl sites for hydroxylation is 1. The van der Waals surface area contributed by atoms with Crippen molar-refractivity contribution in [3.63, 3.8) is 0 Å². The fourth-order valence-electron chi connectivity index (χ4n) is 4.39. The highest BCUT2D eigenvalue weighted by Crippen LogP contribution is 2.43. The van der Waals surface area contributed by atoms with Gasteiger partial charge < -0.3 is 9.15 Å². The Hall–Kier alpha value is -3.49. The molecule has 5 rings (SSSR count). The minimum atomic E-state index is -0.794. The Labute approximate surface area is 216 Å². The van der Waals surface area contributed by atoms with Crippen LogP contribution in [-0.2, 0) is 10.2 Å². The van der Waals surface area contributed by atoms with Crippen LogP contribution < -0.4 is 10.3 Å². The van der Waals surface area contributed by atoms with Crippen LogP contribution in [0, 0.1) is 6.92 Å². The van der Waals surface area contributed by atoms with E-state index in [0.29, 0.717) is 10.7 Å². The number of carbonyl (C=O) groups excluding carboxylic acids is 2. The number of amides is 1. The Morgan fingerprint density at radius 3 is 2.47 bits per heavy atom. The van der Waals surface area contributed by atoms with Crippen molar-refractivity contribution in [1.82, 2.24) is 4.98 Å². The molecule has 1 aliphatic rings. The molecule has 0 bridgehead atoms. The molecule has 0 saturated carbocycles. The topological polar surface area (TPSA) is 89.7 Å². The van der Waals surface area contributed by atoms with E-state index in [-0.39, 0.29) is 43.1 Å². The normalized spacial score (nSPS) is 15.4. The maximum absolute atomic E-state index is 13.7. The number of thiazole rings is 1. The highest BCUT2D eigenvalue weighted by Gasteiger charge is 2.45. The van der Waals surface area contributed by atoms with Crippen molar-refractivity contribution in [3.05, 3.63) is 90.7 Å². The van der Waals surface area contributed by atoms with Crippen molar-refractivity contribution in [3.8, 4) is 0 Å². The van der Waals surface area contributed by atoms with Crippen LogP contribution in [0.15, 0.2) is 51.7 Å². The first-order valence-corrected chi connectivity index (χ1v) is 12.5. The van der Waals surface area contributed by atoms with E-state index in [4.69, 9.17) is 20.8 Å². The molecule has 3 heterocycles. The summed E-state index contributed by atoms with van der Waals surface area (Å²) in [7, 11) is 1.29. The number of nitrogens with zero attached hydrogens (tertiary/aromatic N) is 2. The molecule has 184 valence electrons. The van der Waals surface area contributed by atoms with Crippen molar-refractivity contribution in [2.75, 3.05) is 12.0 Å². The molecule has 1 aliphatic heterocycles. The van der Waals surface area contributed by atoms with E-state index in [1.165, 1.54) is 12.0 Å². The van der Waals surface area contributed by atoms with Crippen molar-refractivity contribution < 1.29 is 18.7 Å². The van der Waals surface area contributed by atoms with E-state index < -0.39 is 17.9 Å². The van der Waals surface area contributed by atoms with Crippen molar-refractivity contribution in [2.24, 2.45) is 0 Å². The van der Waals surface area contributed by atoms with Gasteiger partial charge in [-0.25, -0.2) is 9.78 Å². The van der Waals surface area contributed by atoms with Crippen LogP contribution in [0.4, 0.5) is 5.13 Å². The van der Waals surface area contributed by atoms with Crippen LogP contribution in [0.3, 0.4) is 0 Å². The summed E-state index contributed by atoms with van der Waals surface area (Å²) in [6, 6.07) is 11.7. The van der Waals surface area contributed by atoms with E-state index in [9.17, 15) is 14.4 Å². The second kappa shape index (κ2) is 8.57. The van der Waals surface area contributed by atoms with Gasteiger partial charge in [0.2, 0.25) is 5.76 Å². The van der Waals surface area contributed by atoms with E-state index in [1.807, 2.05) is 24.3 Å². The van der Waals surface area contributed by atoms with Gasteiger partial charge in [-0.05, 0) is 41.7 Å². The van der Waals surface area contributed by atoms with Crippen LogP contribution in [0.1, 0.15) is 69.4 Å². The number of halogens is 1. The fraction of sp³-hybridized carbons (Fsp3) is 0.259. The minimum Gasteiger partial charge on any atom is -0.465 e. The Bertz CT molecular complexity index is 1600. The molecule has 1 amide bonds. The highest BCUT2D eigenvalue weighted by molar-refractivity contribution is 7.17. The summed E-state index contributed by atoms with van der Waals surface area (Å²) >= 11 is 7.20. The molecule has 7 nitrogen and oxygen atoms in total. The summed E-state index contributed by atoms with van der Waals surface area (Å²) in [6.07, 6.45) is 0. The molecule has 0 N–H and O–H groups in total. The van der Waals surface area contributed by atoms with Gasteiger partial charge in [0.25, 0.3) is 5.91 Å². The molecule has 1 unspecified atom stereocenters. The third-order valence-corrected chi connectivity index (χ3v) is 7.66. The third kappa shape index (κ3) is 3.81. The number of hydrogen-bond donors (Lipinski definition) is 0. The second-order valence-corrected chi connectivity index (χ2v) is 11.1. The zero-order chi connectivity index (χ0) is 25.9. The quantitative estimate of drug-likeness (QED) is 0.304. The fourth-order valence-corrected chi connectivity index (χ4v) is 5.57. The lowest BCUT2D eigenvalue weighted by molar-refractivity contribution is 0.0605. The van der Waals surface area contributed by atoms with Crippen molar-refractivity contribution in [1.29, 1.82) is 0 Å². The van der Waals surface area contributed by atoms with Gasteiger partial charge in [-0.2, -0.15) is 0 Å². The summed E-state index contributed by atoms with van der Waals surface area (Å²) in [5, 5.41) is 0.953. The highest BCUT2D eigenvalue weighted by atomic mass is 35.5. The van der Waals surface area contributed by atoms with E-state index >= 15 is 0 Å². The molecule has 36 heavy (non-hydrogen) atoms. The van der Waals surface area contributed by atoms with E-state index in [0.717, 1.165) is 22.5 Å². The molecule has 1 atom stereocenters. The number of anilines is 1. The summed E-state index contributed by atoms with van der Waals surface area (Å²) in [4.78, 5) is 46.0. The molecule has 0 radical (unpaired) electrons. The van der Waals surface area contributed by atoms with Gasteiger partial charge in [0, 0.05) is 5.02 Å². The van der Waals surface area contributed by atoms with Gasteiger partial charge in [0.1, 0.15) is 10.5 Å². The summed E-state index contributed by atoms with van der Waals surface area (Å²) in [6.45, 7) is 8.01. The Morgan fingerprint density at radius 2 is 1.83 bits per heavy atom. The third-order valence-electron chi connectivity index (χ3n) is 6.29. The maximum Gasteiger partial charge on any atom is 0.350 e. The van der Waals surface area contributed by atoms with E-state index in [1.54, 1.807) is 25.1 Å². The molecule has 0 spiro atoms. The summed E-state index contributed by atoms with van der Waals surface area (Å²) < 4.78 is 10.8. The SMILES string of the molecule is COC(=O)c1sc(N2C(=O)c3oc4ccc(Cl)cc4c(=O)c3C2c2ccc(C(C)(C)C)cc2)nc1C. The molecule has 4 aromatic rings. The van der Waals surface area contributed by atoms with Gasteiger partial charge >= 0.3 is 5.97 Å². The van der Waals surface area contributed by atoms with Crippen molar-refractivity contribution in [2.45, 2.75) is 39.2 Å². The molecular weight excluding hydrogens is 500 g/mol. The average molecular weight is 523 g/mol. The predicted octanol–water partition coefficient (Wildman–Crippen LogP) is 6.05.